The molecular formula is C18H22FN. The summed E-state index contributed by atoms with van der Waals surface area (Å²) < 4.78 is 11.9. The molecule has 0 bridgehead atoms. The van der Waals surface area contributed by atoms with Gasteiger partial charge in [0.15, 0.2) is 0 Å². The molecule has 1 saturated carbocycles. The van der Waals surface area contributed by atoms with Gasteiger partial charge in [0.05, 0.1) is 11.6 Å². The first-order valence-corrected chi connectivity index (χ1v) is 7.54. The van der Waals surface area contributed by atoms with Gasteiger partial charge in [-0.25, -0.2) is 4.39 Å². The standard InChI is InChI=1S/C18H22FN/c19-13-3-1-2-4-15-5-9-17(10-6-15)18-11-7-16(14-20)8-12-18/h1,3,7-8,11-12,15,17H,2,4-6,9-10,13H2/b3-1+. The highest BCUT2D eigenvalue weighted by Gasteiger charge is 2.21. The average molecular weight is 271 g/mol. The van der Waals surface area contributed by atoms with Crippen molar-refractivity contribution in [3.63, 3.8) is 0 Å². The van der Waals surface area contributed by atoms with Crippen molar-refractivity contribution >= 4 is 0 Å². The zero-order valence-electron chi connectivity index (χ0n) is 11.9. The predicted molar refractivity (Wildman–Crippen MR) is 80.2 cm³/mol. The van der Waals surface area contributed by atoms with E-state index < -0.39 is 0 Å². The first-order chi connectivity index (χ1) is 9.83. The smallest absolute Gasteiger partial charge is 0.108 e. The Bertz CT molecular complexity index is 461. The molecule has 0 unspecified atom stereocenters. The Balaban J connectivity index is 1.78. The number of hydrogen-bond donors (Lipinski definition) is 0. The van der Waals surface area contributed by atoms with Gasteiger partial charge in [0, 0.05) is 0 Å². The minimum atomic E-state index is -0.342. The summed E-state index contributed by atoms with van der Waals surface area (Å²) in [5, 5.41) is 8.82. The van der Waals surface area contributed by atoms with Crippen LogP contribution in [0, 0.1) is 17.2 Å². The number of allylic oxidation sites excluding steroid dienone is 2. The molecule has 1 fully saturated rings. The van der Waals surface area contributed by atoms with E-state index in [1.54, 1.807) is 6.08 Å². The van der Waals surface area contributed by atoms with Gasteiger partial charge in [0.1, 0.15) is 6.67 Å². The van der Waals surface area contributed by atoms with Crippen LogP contribution >= 0.6 is 0 Å². The Morgan fingerprint density at radius 2 is 1.80 bits per heavy atom. The van der Waals surface area contributed by atoms with Crippen LogP contribution in [0.2, 0.25) is 0 Å². The summed E-state index contributed by atoms with van der Waals surface area (Å²) >= 11 is 0. The SMILES string of the molecule is N#Cc1ccc(C2CCC(CC/C=C/CF)CC2)cc1. The Morgan fingerprint density at radius 1 is 1.10 bits per heavy atom. The molecule has 20 heavy (non-hydrogen) atoms. The van der Waals surface area contributed by atoms with E-state index in [9.17, 15) is 4.39 Å². The van der Waals surface area contributed by atoms with Crippen LogP contribution in [-0.4, -0.2) is 6.67 Å². The summed E-state index contributed by atoms with van der Waals surface area (Å²) in [5.74, 6) is 1.45. The number of rotatable bonds is 5. The molecule has 0 N–H and O–H groups in total. The summed E-state index contributed by atoms with van der Waals surface area (Å²) in [6.45, 7) is -0.342. The second kappa shape index (κ2) is 7.85. The summed E-state index contributed by atoms with van der Waals surface area (Å²) in [4.78, 5) is 0. The summed E-state index contributed by atoms with van der Waals surface area (Å²) in [6, 6.07) is 10.2. The lowest BCUT2D eigenvalue weighted by Crippen LogP contribution is -2.13. The molecule has 0 atom stereocenters. The van der Waals surface area contributed by atoms with Crippen molar-refractivity contribution < 1.29 is 4.39 Å². The van der Waals surface area contributed by atoms with Crippen LogP contribution in [0.15, 0.2) is 36.4 Å². The molecule has 0 heterocycles. The van der Waals surface area contributed by atoms with Gasteiger partial charge in [-0.05, 0) is 68.1 Å². The number of hydrogen-bond acceptors (Lipinski definition) is 1. The normalized spacial score (nSPS) is 22.8. The van der Waals surface area contributed by atoms with Crippen molar-refractivity contribution in [1.82, 2.24) is 0 Å². The molecule has 0 spiro atoms. The van der Waals surface area contributed by atoms with Gasteiger partial charge in [-0.15, -0.1) is 0 Å². The van der Waals surface area contributed by atoms with Crippen LogP contribution in [0.1, 0.15) is 55.6 Å². The zero-order chi connectivity index (χ0) is 14.2. The maximum Gasteiger partial charge on any atom is 0.108 e. The Kier molecular flexibility index (Phi) is 5.80. The second-order valence-electron chi connectivity index (χ2n) is 5.65. The third kappa shape index (κ3) is 4.20. The molecule has 2 heteroatoms. The number of benzene rings is 1. The first-order valence-electron chi connectivity index (χ1n) is 7.54. The van der Waals surface area contributed by atoms with Crippen LogP contribution in [-0.2, 0) is 0 Å². The second-order valence-corrected chi connectivity index (χ2v) is 5.65. The maximum atomic E-state index is 11.9. The van der Waals surface area contributed by atoms with Gasteiger partial charge < -0.3 is 0 Å². The summed E-state index contributed by atoms with van der Waals surface area (Å²) in [6.07, 6.45) is 10.8. The summed E-state index contributed by atoms with van der Waals surface area (Å²) in [7, 11) is 0. The highest BCUT2D eigenvalue weighted by Crippen LogP contribution is 2.37. The number of alkyl halides is 1. The first kappa shape index (κ1) is 14.8. The highest BCUT2D eigenvalue weighted by molar-refractivity contribution is 5.33. The fourth-order valence-corrected chi connectivity index (χ4v) is 3.13. The van der Waals surface area contributed by atoms with E-state index in [0.29, 0.717) is 5.92 Å². The number of halogens is 1. The lowest BCUT2D eigenvalue weighted by Gasteiger charge is -2.28. The molecule has 0 radical (unpaired) electrons. The van der Waals surface area contributed by atoms with Gasteiger partial charge >= 0.3 is 0 Å². The lowest BCUT2D eigenvalue weighted by molar-refractivity contribution is 0.312. The molecule has 1 aliphatic rings. The van der Waals surface area contributed by atoms with Crippen molar-refractivity contribution in [2.45, 2.75) is 44.4 Å². The topological polar surface area (TPSA) is 23.8 Å². The zero-order valence-corrected chi connectivity index (χ0v) is 11.9. The van der Waals surface area contributed by atoms with Gasteiger partial charge in [-0.1, -0.05) is 24.3 Å². The van der Waals surface area contributed by atoms with Crippen molar-refractivity contribution in [3.8, 4) is 6.07 Å². The Labute approximate surface area is 121 Å². The third-order valence-electron chi connectivity index (χ3n) is 4.36. The molecule has 106 valence electrons. The molecule has 0 amide bonds. The maximum absolute atomic E-state index is 11.9. The van der Waals surface area contributed by atoms with Crippen LogP contribution in [0.5, 0.6) is 0 Å². The molecular weight excluding hydrogens is 249 g/mol. The van der Waals surface area contributed by atoms with E-state index in [-0.39, 0.29) is 6.67 Å². The van der Waals surface area contributed by atoms with Crippen LogP contribution in [0.25, 0.3) is 0 Å². The van der Waals surface area contributed by atoms with E-state index in [1.165, 1.54) is 37.7 Å². The van der Waals surface area contributed by atoms with Gasteiger partial charge in [-0.3, -0.25) is 0 Å². The predicted octanol–water partition coefficient (Wildman–Crippen LogP) is 5.14. The lowest BCUT2D eigenvalue weighted by atomic mass is 9.77. The van der Waals surface area contributed by atoms with Crippen molar-refractivity contribution in [2.24, 2.45) is 5.92 Å². The van der Waals surface area contributed by atoms with Crippen molar-refractivity contribution in [1.29, 1.82) is 5.26 Å². The number of nitriles is 1. The van der Waals surface area contributed by atoms with E-state index in [2.05, 4.69) is 18.2 Å². The molecule has 1 aromatic carbocycles. The quantitative estimate of drug-likeness (QED) is 0.680. The van der Waals surface area contributed by atoms with Gasteiger partial charge in [0.25, 0.3) is 0 Å². The molecule has 0 saturated heterocycles. The van der Waals surface area contributed by atoms with E-state index >= 15 is 0 Å². The Hall–Kier alpha value is -1.62. The monoisotopic (exact) mass is 271 g/mol. The van der Waals surface area contributed by atoms with Crippen molar-refractivity contribution in [2.75, 3.05) is 6.67 Å². The van der Waals surface area contributed by atoms with Gasteiger partial charge in [0.2, 0.25) is 0 Å². The fraction of sp³-hybridized carbons (Fsp3) is 0.500. The molecule has 1 aromatic rings. The van der Waals surface area contributed by atoms with Crippen LogP contribution < -0.4 is 0 Å². The van der Waals surface area contributed by atoms with Crippen LogP contribution in [0.3, 0.4) is 0 Å². The van der Waals surface area contributed by atoms with E-state index in [0.717, 1.165) is 17.9 Å². The Morgan fingerprint density at radius 3 is 2.40 bits per heavy atom. The van der Waals surface area contributed by atoms with Crippen molar-refractivity contribution in [3.05, 3.63) is 47.5 Å². The largest absolute Gasteiger partial charge is 0.247 e. The molecule has 0 aliphatic heterocycles. The number of nitrogens with zero attached hydrogens (tertiary/aromatic N) is 1. The molecule has 1 aliphatic carbocycles. The highest BCUT2D eigenvalue weighted by atomic mass is 19.1. The minimum Gasteiger partial charge on any atom is -0.247 e. The molecule has 0 aromatic heterocycles. The van der Waals surface area contributed by atoms with E-state index in [1.807, 2.05) is 18.2 Å². The fourth-order valence-electron chi connectivity index (χ4n) is 3.13. The summed E-state index contributed by atoms with van der Waals surface area (Å²) in [5.41, 5.74) is 2.11. The average Bonchev–Trinajstić information content (AvgIpc) is 2.52. The third-order valence-corrected chi connectivity index (χ3v) is 4.36. The minimum absolute atomic E-state index is 0.342. The van der Waals surface area contributed by atoms with Crippen LogP contribution in [0.4, 0.5) is 4.39 Å². The van der Waals surface area contributed by atoms with Gasteiger partial charge in [-0.2, -0.15) is 5.26 Å². The molecule has 2 rings (SSSR count). The van der Waals surface area contributed by atoms with E-state index in [4.69, 9.17) is 5.26 Å². The molecule has 1 nitrogen and oxygen atoms in total.